The predicted molar refractivity (Wildman–Crippen MR) is 96.4 cm³/mol. The van der Waals surface area contributed by atoms with Gasteiger partial charge in [0.2, 0.25) is 0 Å². The number of anilines is 1. The molecule has 0 fully saturated rings. The van der Waals surface area contributed by atoms with Gasteiger partial charge in [-0.15, -0.1) is 0 Å². The third kappa shape index (κ3) is 2.48. The van der Waals surface area contributed by atoms with Crippen molar-refractivity contribution in [1.29, 1.82) is 0 Å². The van der Waals surface area contributed by atoms with Crippen LogP contribution >= 0.6 is 0 Å². The van der Waals surface area contributed by atoms with Gasteiger partial charge < -0.3 is 14.7 Å². The fourth-order valence-electron chi connectivity index (χ4n) is 3.04. The Bertz CT molecular complexity index is 1240. The van der Waals surface area contributed by atoms with Crippen LogP contribution in [0.15, 0.2) is 50.9 Å². The van der Waals surface area contributed by atoms with Crippen LogP contribution in [0.4, 0.5) is 5.69 Å². The third-order valence-electron chi connectivity index (χ3n) is 4.27. The van der Waals surface area contributed by atoms with E-state index in [0.29, 0.717) is 22.5 Å². The van der Waals surface area contributed by atoms with Gasteiger partial charge in [-0.25, -0.2) is 8.42 Å². The van der Waals surface area contributed by atoms with Gasteiger partial charge in [0.15, 0.2) is 0 Å². The number of aryl methyl sites for hydroxylation is 1. The molecular weight excluding hydrogens is 358 g/mol. The second-order valence-corrected chi connectivity index (χ2v) is 7.80. The standard InChI is InChI=1S/C17H15N3O5S/c1-10-8-11-12(19-17(22)16(21)18-11)9-15(10)26(23,24)20-6-7-25-14-5-3-2-4-13(14)20/h2-5,8-9H,6-7H2,1H3,(H,18,21)(H,19,22). The van der Waals surface area contributed by atoms with Crippen molar-refractivity contribution >= 4 is 26.7 Å². The normalized spacial score (nSPS) is 14.1. The van der Waals surface area contributed by atoms with E-state index in [-0.39, 0.29) is 23.6 Å². The zero-order valence-corrected chi connectivity index (χ0v) is 14.6. The maximum absolute atomic E-state index is 13.3. The first kappa shape index (κ1) is 16.4. The summed E-state index contributed by atoms with van der Waals surface area (Å²) < 4.78 is 33.4. The molecule has 9 heteroatoms. The second-order valence-electron chi connectivity index (χ2n) is 5.96. The van der Waals surface area contributed by atoms with Gasteiger partial charge >= 0.3 is 11.1 Å². The molecule has 0 amide bonds. The molecule has 0 radical (unpaired) electrons. The molecule has 1 aromatic heterocycles. The smallest absolute Gasteiger partial charge is 0.314 e. The first-order valence-corrected chi connectivity index (χ1v) is 9.33. The zero-order valence-electron chi connectivity index (χ0n) is 13.8. The minimum Gasteiger partial charge on any atom is -0.489 e. The summed E-state index contributed by atoms with van der Waals surface area (Å²) in [6.07, 6.45) is 0. The van der Waals surface area contributed by atoms with E-state index < -0.39 is 21.1 Å². The van der Waals surface area contributed by atoms with E-state index >= 15 is 0 Å². The zero-order chi connectivity index (χ0) is 18.5. The highest BCUT2D eigenvalue weighted by Crippen LogP contribution is 2.35. The molecule has 0 spiro atoms. The summed E-state index contributed by atoms with van der Waals surface area (Å²) >= 11 is 0. The van der Waals surface area contributed by atoms with Crippen LogP contribution in [0.25, 0.3) is 11.0 Å². The average molecular weight is 373 g/mol. The molecule has 2 aromatic carbocycles. The molecule has 2 heterocycles. The average Bonchev–Trinajstić information content (AvgIpc) is 2.62. The lowest BCUT2D eigenvalue weighted by Gasteiger charge is -2.30. The number of rotatable bonds is 2. The summed E-state index contributed by atoms with van der Waals surface area (Å²) in [4.78, 5) is 28.0. The number of sulfonamides is 1. The largest absolute Gasteiger partial charge is 0.489 e. The summed E-state index contributed by atoms with van der Waals surface area (Å²) in [5.41, 5.74) is -0.0674. The molecule has 1 aliphatic heterocycles. The minimum atomic E-state index is -3.88. The van der Waals surface area contributed by atoms with E-state index in [1.807, 2.05) is 0 Å². The number of hydrogen-bond donors (Lipinski definition) is 2. The molecule has 3 aromatic rings. The molecule has 8 nitrogen and oxygen atoms in total. The maximum Gasteiger partial charge on any atom is 0.314 e. The molecule has 1 aliphatic rings. The van der Waals surface area contributed by atoms with Crippen LogP contribution in [0.2, 0.25) is 0 Å². The number of H-pyrrole nitrogens is 2. The molecule has 134 valence electrons. The Labute approximate surface area is 148 Å². The number of benzene rings is 2. The monoisotopic (exact) mass is 373 g/mol. The molecule has 0 unspecified atom stereocenters. The summed E-state index contributed by atoms with van der Waals surface area (Å²) in [5.74, 6) is 0.499. The van der Waals surface area contributed by atoms with Crippen molar-refractivity contribution in [3.63, 3.8) is 0 Å². The van der Waals surface area contributed by atoms with Crippen molar-refractivity contribution in [2.75, 3.05) is 17.5 Å². The number of aromatic amines is 2. The van der Waals surface area contributed by atoms with E-state index in [9.17, 15) is 18.0 Å². The van der Waals surface area contributed by atoms with Gasteiger partial charge in [-0.3, -0.25) is 13.9 Å². The van der Waals surface area contributed by atoms with Crippen LogP contribution in [-0.2, 0) is 10.0 Å². The van der Waals surface area contributed by atoms with E-state index in [0.717, 1.165) is 0 Å². The molecule has 0 aliphatic carbocycles. The van der Waals surface area contributed by atoms with Crippen LogP contribution in [0.1, 0.15) is 5.56 Å². The van der Waals surface area contributed by atoms with Gasteiger partial charge in [0, 0.05) is 0 Å². The van der Waals surface area contributed by atoms with Crippen molar-refractivity contribution in [2.24, 2.45) is 0 Å². The van der Waals surface area contributed by atoms with Crippen molar-refractivity contribution in [1.82, 2.24) is 9.97 Å². The lowest BCUT2D eigenvalue weighted by atomic mass is 10.2. The summed E-state index contributed by atoms with van der Waals surface area (Å²) in [7, 11) is -3.88. The summed E-state index contributed by atoms with van der Waals surface area (Å²) in [6, 6.07) is 9.82. The Balaban J connectivity index is 1.92. The van der Waals surface area contributed by atoms with Gasteiger partial charge in [-0.2, -0.15) is 0 Å². The number of fused-ring (bicyclic) bond motifs is 2. The van der Waals surface area contributed by atoms with E-state index in [1.54, 1.807) is 31.2 Å². The first-order chi connectivity index (χ1) is 12.4. The lowest BCUT2D eigenvalue weighted by molar-refractivity contribution is 0.316. The molecule has 0 saturated carbocycles. The van der Waals surface area contributed by atoms with Crippen molar-refractivity contribution in [3.8, 4) is 5.75 Å². The number of nitrogens with one attached hydrogen (secondary N) is 2. The van der Waals surface area contributed by atoms with E-state index in [1.165, 1.54) is 16.4 Å². The number of ether oxygens (including phenoxy) is 1. The molecule has 26 heavy (non-hydrogen) atoms. The number of hydrogen-bond acceptors (Lipinski definition) is 5. The van der Waals surface area contributed by atoms with Crippen LogP contribution < -0.4 is 20.2 Å². The quantitative estimate of drug-likeness (QED) is 0.654. The van der Waals surface area contributed by atoms with Gasteiger partial charge in [-0.1, -0.05) is 12.1 Å². The van der Waals surface area contributed by atoms with Gasteiger partial charge in [0.05, 0.1) is 28.2 Å². The van der Waals surface area contributed by atoms with Crippen molar-refractivity contribution < 1.29 is 13.2 Å². The number of nitrogens with zero attached hydrogens (tertiary/aromatic N) is 1. The molecule has 2 N–H and O–H groups in total. The Hall–Kier alpha value is -3.07. The minimum absolute atomic E-state index is 0.0596. The van der Waals surface area contributed by atoms with Crippen LogP contribution in [0.3, 0.4) is 0 Å². The van der Waals surface area contributed by atoms with E-state index in [2.05, 4.69) is 9.97 Å². The number of para-hydroxylation sites is 2. The Morgan fingerprint density at radius 2 is 1.69 bits per heavy atom. The third-order valence-corrected chi connectivity index (χ3v) is 6.23. The van der Waals surface area contributed by atoms with Crippen LogP contribution in [0, 0.1) is 6.92 Å². The van der Waals surface area contributed by atoms with Gasteiger partial charge in [0.1, 0.15) is 12.4 Å². The van der Waals surface area contributed by atoms with Crippen LogP contribution in [-0.4, -0.2) is 31.5 Å². The Kier molecular flexibility index (Phi) is 3.62. The summed E-state index contributed by atoms with van der Waals surface area (Å²) in [5, 5.41) is 0. The van der Waals surface area contributed by atoms with Gasteiger partial charge in [0.25, 0.3) is 10.0 Å². The SMILES string of the molecule is Cc1cc2[nH]c(=O)c(=O)[nH]c2cc1S(=O)(=O)N1CCOc2ccccc21. The highest BCUT2D eigenvalue weighted by atomic mass is 32.2. The Morgan fingerprint density at radius 1 is 1.04 bits per heavy atom. The molecule has 0 saturated heterocycles. The van der Waals surface area contributed by atoms with Crippen molar-refractivity contribution in [3.05, 3.63) is 62.7 Å². The summed E-state index contributed by atoms with van der Waals surface area (Å²) in [6.45, 7) is 2.06. The Morgan fingerprint density at radius 3 is 2.42 bits per heavy atom. The fraction of sp³-hybridized carbons (Fsp3) is 0.176. The first-order valence-electron chi connectivity index (χ1n) is 7.89. The van der Waals surface area contributed by atoms with Crippen molar-refractivity contribution in [2.45, 2.75) is 11.8 Å². The second kappa shape index (κ2) is 5.73. The fourth-order valence-corrected chi connectivity index (χ4v) is 4.74. The molecule has 4 rings (SSSR count). The molecular formula is C17H15N3O5S. The highest BCUT2D eigenvalue weighted by molar-refractivity contribution is 7.93. The lowest BCUT2D eigenvalue weighted by Crippen LogP contribution is -2.38. The predicted octanol–water partition coefficient (Wildman–Crippen LogP) is 1.11. The highest BCUT2D eigenvalue weighted by Gasteiger charge is 2.31. The van der Waals surface area contributed by atoms with Gasteiger partial charge in [-0.05, 0) is 36.8 Å². The van der Waals surface area contributed by atoms with E-state index in [4.69, 9.17) is 4.74 Å². The topological polar surface area (TPSA) is 112 Å². The molecule has 0 bridgehead atoms. The maximum atomic E-state index is 13.3. The number of aromatic nitrogens is 2. The molecule has 0 atom stereocenters. The van der Waals surface area contributed by atoms with Crippen LogP contribution in [0.5, 0.6) is 5.75 Å².